The summed E-state index contributed by atoms with van der Waals surface area (Å²) >= 11 is 0. The van der Waals surface area contributed by atoms with Crippen molar-refractivity contribution in [1.82, 2.24) is 14.8 Å². The van der Waals surface area contributed by atoms with Gasteiger partial charge in [0.1, 0.15) is 18.4 Å². The Hall–Kier alpha value is -3.68. The molecule has 2 aromatic carbocycles. The van der Waals surface area contributed by atoms with Crippen LogP contribution < -0.4 is 10.1 Å². The summed E-state index contributed by atoms with van der Waals surface area (Å²) in [6.07, 6.45) is 3.09. The minimum absolute atomic E-state index is 0.216. The van der Waals surface area contributed by atoms with Gasteiger partial charge in [0.15, 0.2) is 0 Å². The number of benzene rings is 2. The molecule has 0 unspecified atom stereocenters. The van der Waals surface area contributed by atoms with E-state index in [-0.39, 0.29) is 11.5 Å². The predicted octanol–water partition coefficient (Wildman–Crippen LogP) is 2.37. The van der Waals surface area contributed by atoms with Gasteiger partial charge in [-0.25, -0.2) is 14.5 Å². The maximum Gasteiger partial charge on any atom is 0.340 e. The van der Waals surface area contributed by atoms with Crippen LogP contribution in [-0.2, 0) is 11.3 Å². The fraction of sp³-hybridized carbons (Fsp3) is 0.158. The average molecular weight is 366 g/mol. The Labute approximate surface area is 155 Å². The Morgan fingerprint density at radius 1 is 1.11 bits per heavy atom. The summed E-state index contributed by atoms with van der Waals surface area (Å²) in [5.74, 6) is -0.407. The smallest absolute Gasteiger partial charge is 0.340 e. The highest BCUT2D eigenvalue weighted by atomic mass is 16.5. The lowest BCUT2D eigenvalue weighted by atomic mass is 10.1. The Morgan fingerprint density at radius 2 is 1.89 bits per heavy atom. The number of hydrogen-bond acceptors (Lipinski definition) is 6. The summed E-state index contributed by atoms with van der Waals surface area (Å²) in [4.78, 5) is 28.4. The van der Waals surface area contributed by atoms with Crippen LogP contribution in [0.1, 0.15) is 26.3 Å². The molecule has 8 heteroatoms. The Kier molecular flexibility index (Phi) is 5.46. The zero-order valence-corrected chi connectivity index (χ0v) is 14.9. The minimum Gasteiger partial charge on any atom is -0.497 e. The quantitative estimate of drug-likeness (QED) is 0.673. The number of nitrogens with zero attached hydrogens (tertiary/aromatic N) is 3. The number of anilines is 1. The normalized spacial score (nSPS) is 10.3. The second-order valence-corrected chi connectivity index (χ2v) is 5.65. The molecule has 1 N–H and O–H groups in total. The molecule has 8 nitrogen and oxygen atoms in total. The summed E-state index contributed by atoms with van der Waals surface area (Å²) in [6, 6.07) is 11.9. The maximum absolute atomic E-state index is 12.5. The number of amides is 1. The van der Waals surface area contributed by atoms with Crippen molar-refractivity contribution in [1.29, 1.82) is 0 Å². The monoisotopic (exact) mass is 366 g/mol. The molecule has 0 saturated heterocycles. The van der Waals surface area contributed by atoms with Crippen molar-refractivity contribution in [3.63, 3.8) is 0 Å². The third-order valence-electron chi connectivity index (χ3n) is 3.91. The predicted molar refractivity (Wildman–Crippen MR) is 97.9 cm³/mol. The second kappa shape index (κ2) is 8.13. The van der Waals surface area contributed by atoms with Crippen LogP contribution in [0.4, 0.5) is 5.69 Å². The summed E-state index contributed by atoms with van der Waals surface area (Å²) in [6.45, 7) is 0.562. The highest BCUT2D eigenvalue weighted by Crippen LogP contribution is 2.23. The van der Waals surface area contributed by atoms with Gasteiger partial charge in [0.05, 0.1) is 32.0 Å². The molecule has 0 saturated carbocycles. The summed E-state index contributed by atoms with van der Waals surface area (Å²) in [7, 11) is 2.77. The van der Waals surface area contributed by atoms with E-state index < -0.39 is 5.97 Å². The molecule has 0 radical (unpaired) electrons. The first-order valence-corrected chi connectivity index (χ1v) is 8.09. The Bertz CT molecular complexity index is 937. The molecule has 0 fully saturated rings. The lowest BCUT2D eigenvalue weighted by Gasteiger charge is -2.11. The number of carbonyl (C=O) groups excluding carboxylic acids is 2. The molecule has 1 heterocycles. The van der Waals surface area contributed by atoms with Crippen molar-refractivity contribution in [2.24, 2.45) is 0 Å². The van der Waals surface area contributed by atoms with E-state index in [1.807, 2.05) is 12.1 Å². The van der Waals surface area contributed by atoms with Gasteiger partial charge >= 0.3 is 5.97 Å². The average Bonchev–Trinajstić information content (AvgIpc) is 3.21. The van der Waals surface area contributed by atoms with Crippen LogP contribution in [-0.4, -0.2) is 40.9 Å². The van der Waals surface area contributed by atoms with Crippen molar-refractivity contribution in [3.8, 4) is 5.75 Å². The number of hydrogen-bond donors (Lipinski definition) is 1. The molecule has 1 aromatic heterocycles. The fourth-order valence-corrected chi connectivity index (χ4v) is 2.50. The van der Waals surface area contributed by atoms with Crippen molar-refractivity contribution >= 4 is 17.6 Å². The van der Waals surface area contributed by atoms with Gasteiger partial charge < -0.3 is 14.8 Å². The first-order chi connectivity index (χ1) is 13.1. The summed E-state index contributed by atoms with van der Waals surface area (Å²) < 4.78 is 11.6. The lowest BCUT2D eigenvalue weighted by Crippen LogP contribution is -2.15. The van der Waals surface area contributed by atoms with E-state index >= 15 is 0 Å². The summed E-state index contributed by atoms with van der Waals surface area (Å²) in [5.41, 5.74) is 2.01. The molecule has 0 aliphatic heterocycles. The maximum atomic E-state index is 12.5. The molecular weight excluding hydrogens is 348 g/mol. The first kappa shape index (κ1) is 18.1. The highest BCUT2D eigenvalue weighted by molar-refractivity contribution is 6.08. The van der Waals surface area contributed by atoms with Gasteiger partial charge in [0, 0.05) is 5.56 Å². The third kappa shape index (κ3) is 4.30. The number of rotatable bonds is 6. The van der Waals surface area contributed by atoms with Crippen LogP contribution in [0, 0.1) is 0 Å². The van der Waals surface area contributed by atoms with Crippen LogP contribution in [0.5, 0.6) is 5.75 Å². The van der Waals surface area contributed by atoms with Crippen molar-refractivity contribution in [3.05, 3.63) is 71.8 Å². The van der Waals surface area contributed by atoms with Crippen LogP contribution in [0.25, 0.3) is 0 Å². The molecule has 0 aliphatic carbocycles. The van der Waals surface area contributed by atoms with Gasteiger partial charge in [0.2, 0.25) is 0 Å². The molecule has 3 rings (SSSR count). The van der Waals surface area contributed by atoms with Crippen LogP contribution in [0.15, 0.2) is 55.1 Å². The van der Waals surface area contributed by atoms with E-state index in [1.165, 1.54) is 26.6 Å². The largest absolute Gasteiger partial charge is 0.497 e. The van der Waals surface area contributed by atoms with Gasteiger partial charge in [-0.2, -0.15) is 5.10 Å². The van der Waals surface area contributed by atoms with E-state index in [1.54, 1.807) is 35.3 Å². The van der Waals surface area contributed by atoms with Gasteiger partial charge in [0.25, 0.3) is 5.91 Å². The van der Waals surface area contributed by atoms with E-state index in [0.717, 1.165) is 5.56 Å². The zero-order valence-electron chi connectivity index (χ0n) is 14.9. The molecule has 0 aliphatic rings. The van der Waals surface area contributed by atoms with Crippen LogP contribution in [0.2, 0.25) is 0 Å². The second-order valence-electron chi connectivity index (χ2n) is 5.65. The first-order valence-electron chi connectivity index (χ1n) is 8.09. The number of aromatic nitrogens is 3. The SMILES string of the molecule is COC(=O)c1cc(OC)ccc1NC(=O)c1ccc(Cn2cncn2)cc1. The standard InChI is InChI=1S/C19H18N4O4/c1-26-15-7-8-17(16(9-15)19(25)27-2)22-18(24)14-5-3-13(4-6-14)10-23-12-20-11-21-23/h3-9,11-12H,10H2,1-2H3,(H,22,24). The molecule has 0 atom stereocenters. The molecule has 0 bridgehead atoms. The topological polar surface area (TPSA) is 95.3 Å². The minimum atomic E-state index is -0.563. The third-order valence-corrected chi connectivity index (χ3v) is 3.91. The van der Waals surface area contributed by atoms with E-state index in [4.69, 9.17) is 9.47 Å². The number of ether oxygens (including phenoxy) is 2. The van der Waals surface area contributed by atoms with Gasteiger partial charge in [-0.05, 0) is 35.9 Å². The Morgan fingerprint density at radius 3 is 2.52 bits per heavy atom. The molecule has 138 valence electrons. The highest BCUT2D eigenvalue weighted by Gasteiger charge is 2.16. The number of nitrogens with one attached hydrogen (secondary N) is 1. The van der Waals surface area contributed by atoms with E-state index in [0.29, 0.717) is 23.5 Å². The number of esters is 1. The molecule has 27 heavy (non-hydrogen) atoms. The zero-order chi connectivity index (χ0) is 19.2. The Balaban J connectivity index is 1.76. The van der Waals surface area contributed by atoms with Crippen molar-refractivity contribution in [2.75, 3.05) is 19.5 Å². The molecule has 1 amide bonds. The number of carbonyl (C=O) groups is 2. The molecular formula is C19H18N4O4. The molecule has 3 aromatic rings. The van der Waals surface area contributed by atoms with Crippen molar-refractivity contribution in [2.45, 2.75) is 6.54 Å². The fourth-order valence-electron chi connectivity index (χ4n) is 2.50. The van der Waals surface area contributed by atoms with E-state index in [9.17, 15) is 9.59 Å². The lowest BCUT2D eigenvalue weighted by molar-refractivity contribution is 0.0601. The van der Waals surface area contributed by atoms with Gasteiger partial charge in [-0.15, -0.1) is 0 Å². The van der Waals surface area contributed by atoms with Crippen LogP contribution in [0.3, 0.4) is 0 Å². The van der Waals surface area contributed by atoms with E-state index in [2.05, 4.69) is 15.4 Å². The van der Waals surface area contributed by atoms with Gasteiger partial charge in [-0.1, -0.05) is 12.1 Å². The van der Waals surface area contributed by atoms with Crippen molar-refractivity contribution < 1.29 is 19.1 Å². The number of methoxy groups -OCH3 is 2. The van der Waals surface area contributed by atoms with Crippen LogP contribution >= 0.6 is 0 Å². The van der Waals surface area contributed by atoms with Gasteiger partial charge in [-0.3, -0.25) is 4.79 Å². The summed E-state index contributed by atoms with van der Waals surface area (Å²) in [5, 5.41) is 6.78. The molecule has 0 spiro atoms.